The highest BCUT2D eigenvalue weighted by molar-refractivity contribution is 6.42. The van der Waals surface area contributed by atoms with Crippen LogP contribution in [0, 0.1) is 0 Å². The van der Waals surface area contributed by atoms with E-state index in [0.29, 0.717) is 21.4 Å². The zero-order valence-corrected chi connectivity index (χ0v) is 13.9. The molecule has 0 aliphatic carbocycles. The van der Waals surface area contributed by atoms with Crippen LogP contribution in [0.5, 0.6) is 0 Å². The summed E-state index contributed by atoms with van der Waals surface area (Å²) in [4.78, 5) is 18.6. The molecule has 1 fully saturated rings. The number of carbonyl (C=O) groups is 1. The predicted octanol–water partition coefficient (Wildman–Crippen LogP) is 4.05. The second-order valence-corrected chi connectivity index (χ2v) is 6.74. The molecule has 2 aromatic rings. The fourth-order valence-electron chi connectivity index (χ4n) is 2.76. The molecule has 0 radical (unpaired) electrons. The third kappa shape index (κ3) is 2.39. The molecule has 2 unspecified atom stereocenters. The van der Waals surface area contributed by atoms with Gasteiger partial charge in [-0.1, -0.05) is 23.2 Å². The normalized spacial score (nSPS) is 20.5. The van der Waals surface area contributed by atoms with Gasteiger partial charge in [0.25, 0.3) is 0 Å². The van der Waals surface area contributed by atoms with E-state index >= 15 is 0 Å². The second kappa shape index (κ2) is 5.34. The van der Waals surface area contributed by atoms with Gasteiger partial charge in [0, 0.05) is 13.6 Å². The summed E-state index contributed by atoms with van der Waals surface area (Å²) in [6.07, 6.45) is 0.734. The molecule has 2 heterocycles. The molecular weight excluding hydrogens is 333 g/mol. The topological polar surface area (TPSA) is 38.1 Å². The summed E-state index contributed by atoms with van der Waals surface area (Å²) in [6.45, 7) is 2.56. The van der Waals surface area contributed by atoms with Crippen LogP contribution in [0.25, 0.3) is 11.0 Å². The first-order valence-corrected chi connectivity index (χ1v) is 7.85. The number of fused-ring (bicyclic) bond motifs is 1. The monoisotopic (exact) mass is 345 g/mol. The number of likely N-dealkylation sites (tertiary alicyclic amines) is 1. The number of hydrogen-bond donors (Lipinski definition) is 0. The van der Waals surface area contributed by atoms with E-state index in [2.05, 4.69) is 4.98 Å². The molecular formula is C14H14Cl3N3O. The number of halogens is 3. The van der Waals surface area contributed by atoms with Crippen molar-refractivity contribution in [1.29, 1.82) is 0 Å². The summed E-state index contributed by atoms with van der Waals surface area (Å²) in [5.41, 5.74) is 1.50. The average molecular weight is 347 g/mol. The molecule has 112 valence electrons. The highest BCUT2D eigenvalue weighted by Gasteiger charge is 2.34. The minimum Gasteiger partial charge on any atom is -0.344 e. The Balaban J connectivity index is 2.26. The van der Waals surface area contributed by atoms with Gasteiger partial charge in [0.15, 0.2) is 0 Å². The maximum atomic E-state index is 12.3. The fraction of sp³-hybridized carbons (Fsp3) is 0.429. The molecule has 0 saturated carbocycles. The van der Waals surface area contributed by atoms with Crippen molar-refractivity contribution in [3.8, 4) is 0 Å². The maximum Gasteiger partial charge on any atom is 0.245 e. The minimum absolute atomic E-state index is 0.0685. The van der Waals surface area contributed by atoms with Crippen LogP contribution < -0.4 is 0 Å². The van der Waals surface area contributed by atoms with Crippen LogP contribution in [0.3, 0.4) is 0 Å². The van der Waals surface area contributed by atoms with Crippen molar-refractivity contribution in [3.63, 3.8) is 0 Å². The SMILES string of the molecule is CC(Cl)c1nc2cc(Cl)c(Cl)cc2n1C1CCN(C)C1=O. The molecule has 21 heavy (non-hydrogen) atoms. The van der Waals surface area contributed by atoms with Crippen LogP contribution in [-0.4, -0.2) is 34.0 Å². The Morgan fingerprint density at radius 1 is 1.33 bits per heavy atom. The van der Waals surface area contributed by atoms with E-state index < -0.39 is 0 Å². The number of likely N-dealkylation sites (N-methyl/N-ethyl adjacent to an activating group) is 1. The van der Waals surface area contributed by atoms with Crippen LogP contribution in [0.2, 0.25) is 10.0 Å². The van der Waals surface area contributed by atoms with Crippen LogP contribution in [0.1, 0.15) is 30.6 Å². The second-order valence-electron chi connectivity index (χ2n) is 5.28. The highest BCUT2D eigenvalue weighted by atomic mass is 35.5. The average Bonchev–Trinajstić information content (AvgIpc) is 2.93. The van der Waals surface area contributed by atoms with Crippen molar-refractivity contribution in [3.05, 3.63) is 28.0 Å². The van der Waals surface area contributed by atoms with E-state index in [1.165, 1.54) is 0 Å². The van der Waals surface area contributed by atoms with Crippen molar-refractivity contribution >= 4 is 51.7 Å². The number of rotatable bonds is 2. The van der Waals surface area contributed by atoms with Gasteiger partial charge in [-0.15, -0.1) is 11.6 Å². The van der Waals surface area contributed by atoms with Gasteiger partial charge in [-0.05, 0) is 25.5 Å². The third-order valence-electron chi connectivity index (χ3n) is 3.83. The lowest BCUT2D eigenvalue weighted by molar-refractivity contribution is -0.129. The van der Waals surface area contributed by atoms with E-state index in [9.17, 15) is 4.79 Å². The molecule has 1 aromatic heterocycles. The van der Waals surface area contributed by atoms with Gasteiger partial charge in [0.05, 0.1) is 26.5 Å². The summed E-state index contributed by atoms with van der Waals surface area (Å²) < 4.78 is 1.90. The molecule has 0 spiro atoms. The molecule has 7 heteroatoms. The number of nitrogens with zero attached hydrogens (tertiary/aromatic N) is 3. The number of benzene rings is 1. The maximum absolute atomic E-state index is 12.3. The first-order valence-electron chi connectivity index (χ1n) is 6.66. The van der Waals surface area contributed by atoms with Gasteiger partial charge < -0.3 is 9.47 Å². The third-order valence-corrected chi connectivity index (χ3v) is 4.74. The van der Waals surface area contributed by atoms with E-state index in [1.807, 2.05) is 11.5 Å². The number of carbonyl (C=O) groups excluding carboxylic acids is 1. The zero-order valence-electron chi connectivity index (χ0n) is 11.6. The Hall–Kier alpha value is -0.970. The lowest BCUT2D eigenvalue weighted by Gasteiger charge is -2.17. The van der Waals surface area contributed by atoms with Crippen molar-refractivity contribution in [2.45, 2.75) is 24.8 Å². The van der Waals surface area contributed by atoms with Crippen LogP contribution in [0.15, 0.2) is 12.1 Å². The van der Waals surface area contributed by atoms with Crippen molar-refractivity contribution in [1.82, 2.24) is 14.5 Å². The summed E-state index contributed by atoms with van der Waals surface area (Å²) in [5, 5.41) is 0.573. The van der Waals surface area contributed by atoms with Gasteiger partial charge >= 0.3 is 0 Å². The smallest absolute Gasteiger partial charge is 0.245 e. The molecule has 0 bridgehead atoms. The molecule has 2 atom stereocenters. The molecule has 3 rings (SSSR count). The van der Waals surface area contributed by atoms with Gasteiger partial charge in [0.2, 0.25) is 5.91 Å². The first kappa shape index (κ1) is 14.9. The summed E-state index contributed by atoms with van der Waals surface area (Å²) >= 11 is 18.4. The fourth-order valence-corrected chi connectivity index (χ4v) is 3.23. The number of imidazole rings is 1. The highest BCUT2D eigenvalue weighted by Crippen LogP contribution is 2.35. The van der Waals surface area contributed by atoms with E-state index in [1.54, 1.807) is 24.1 Å². The minimum atomic E-state index is -0.311. The van der Waals surface area contributed by atoms with Gasteiger partial charge in [-0.25, -0.2) is 4.98 Å². The van der Waals surface area contributed by atoms with Crippen LogP contribution in [-0.2, 0) is 4.79 Å². The molecule has 1 aliphatic rings. The van der Waals surface area contributed by atoms with E-state index in [4.69, 9.17) is 34.8 Å². The quantitative estimate of drug-likeness (QED) is 0.770. The Morgan fingerprint density at radius 2 is 2.00 bits per heavy atom. The van der Waals surface area contributed by atoms with Crippen LogP contribution in [0.4, 0.5) is 0 Å². The first-order chi connectivity index (χ1) is 9.90. The molecule has 1 aliphatic heterocycles. The Labute approximate surface area is 137 Å². The predicted molar refractivity (Wildman–Crippen MR) is 85.3 cm³/mol. The molecule has 0 N–H and O–H groups in total. The summed E-state index contributed by atoms with van der Waals surface area (Å²) in [6, 6.07) is 3.18. The Kier molecular flexibility index (Phi) is 3.80. The standard InChI is InChI=1S/C14H14Cl3N3O/c1-7(15)13-18-10-5-8(16)9(17)6-12(10)20(13)11-3-4-19(2)14(11)21/h5-7,11H,3-4H2,1-2H3. The Morgan fingerprint density at radius 3 is 2.57 bits per heavy atom. The number of hydrogen-bond acceptors (Lipinski definition) is 2. The summed E-state index contributed by atoms with van der Waals surface area (Å²) in [5.74, 6) is 0.734. The molecule has 1 saturated heterocycles. The number of aromatic nitrogens is 2. The largest absolute Gasteiger partial charge is 0.344 e. The van der Waals surface area contributed by atoms with Crippen LogP contribution >= 0.6 is 34.8 Å². The van der Waals surface area contributed by atoms with Crippen molar-refractivity contribution in [2.75, 3.05) is 13.6 Å². The van der Waals surface area contributed by atoms with Gasteiger partial charge in [-0.2, -0.15) is 0 Å². The van der Waals surface area contributed by atoms with Crippen molar-refractivity contribution < 1.29 is 4.79 Å². The van der Waals surface area contributed by atoms with Gasteiger partial charge in [-0.3, -0.25) is 4.79 Å². The molecule has 1 aromatic carbocycles. The number of alkyl halides is 1. The van der Waals surface area contributed by atoms with E-state index in [0.717, 1.165) is 18.5 Å². The molecule has 1 amide bonds. The van der Waals surface area contributed by atoms with Crippen molar-refractivity contribution in [2.24, 2.45) is 0 Å². The molecule has 4 nitrogen and oxygen atoms in total. The lowest BCUT2D eigenvalue weighted by Crippen LogP contribution is -2.25. The Bertz CT molecular complexity index is 726. The summed E-state index contributed by atoms with van der Waals surface area (Å²) in [7, 11) is 1.80. The zero-order chi connectivity index (χ0) is 15.3. The number of amides is 1. The van der Waals surface area contributed by atoms with E-state index in [-0.39, 0.29) is 17.3 Å². The lowest BCUT2D eigenvalue weighted by atomic mass is 10.2. The van der Waals surface area contributed by atoms with Gasteiger partial charge in [0.1, 0.15) is 11.9 Å².